The van der Waals surface area contributed by atoms with Crippen molar-refractivity contribution in [1.82, 2.24) is 10.2 Å². The molecular weight excluding hydrogens is 290 g/mol. The Balaban J connectivity index is 2.45. The molecule has 106 valence electrons. The van der Waals surface area contributed by atoms with E-state index in [1.165, 1.54) is 18.3 Å². The van der Waals surface area contributed by atoms with E-state index in [1.54, 1.807) is 0 Å². The molecule has 0 unspecified atom stereocenters. The SMILES string of the molecule is NCc1c(F)ccc(S(=O)(=O)Nc2cccnn2)c1F. The van der Waals surface area contributed by atoms with Crippen LogP contribution < -0.4 is 10.5 Å². The van der Waals surface area contributed by atoms with Crippen molar-refractivity contribution in [1.29, 1.82) is 0 Å². The number of hydrogen-bond donors (Lipinski definition) is 2. The van der Waals surface area contributed by atoms with Gasteiger partial charge in [0.1, 0.15) is 10.7 Å². The first-order valence-electron chi connectivity index (χ1n) is 5.43. The molecule has 6 nitrogen and oxygen atoms in total. The van der Waals surface area contributed by atoms with Crippen LogP contribution >= 0.6 is 0 Å². The van der Waals surface area contributed by atoms with Crippen molar-refractivity contribution < 1.29 is 17.2 Å². The van der Waals surface area contributed by atoms with E-state index in [0.29, 0.717) is 0 Å². The van der Waals surface area contributed by atoms with Gasteiger partial charge in [0.2, 0.25) is 0 Å². The molecule has 0 atom stereocenters. The molecule has 2 aromatic rings. The second kappa shape index (κ2) is 5.47. The Hall–Kier alpha value is -2.13. The van der Waals surface area contributed by atoms with Gasteiger partial charge in [0, 0.05) is 18.3 Å². The number of nitrogens with one attached hydrogen (secondary N) is 1. The van der Waals surface area contributed by atoms with Crippen molar-refractivity contribution in [3.05, 3.63) is 47.7 Å². The fraction of sp³-hybridized carbons (Fsp3) is 0.0909. The van der Waals surface area contributed by atoms with Gasteiger partial charge in [-0.3, -0.25) is 4.72 Å². The van der Waals surface area contributed by atoms with Crippen molar-refractivity contribution in [3.63, 3.8) is 0 Å². The summed E-state index contributed by atoms with van der Waals surface area (Å²) in [5.41, 5.74) is 4.71. The van der Waals surface area contributed by atoms with Crippen LogP contribution in [0.25, 0.3) is 0 Å². The quantitative estimate of drug-likeness (QED) is 0.878. The average Bonchev–Trinajstić information content (AvgIpc) is 2.39. The molecule has 2 rings (SSSR count). The van der Waals surface area contributed by atoms with Gasteiger partial charge < -0.3 is 5.73 Å². The van der Waals surface area contributed by atoms with Crippen LogP contribution in [-0.4, -0.2) is 18.6 Å². The number of nitrogens with zero attached hydrogens (tertiary/aromatic N) is 2. The molecule has 0 aliphatic rings. The van der Waals surface area contributed by atoms with E-state index in [9.17, 15) is 17.2 Å². The van der Waals surface area contributed by atoms with Gasteiger partial charge in [-0.05, 0) is 24.3 Å². The smallest absolute Gasteiger partial charge is 0.266 e. The van der Waals surface area contributed by atoms with Crippen LogP contribution in [0.15, 0.2) is 35.4 Å². The summed E-state index contributed by atoms with van der Waals surface area (Å²) in [6, 6.07) is 4.46. The fourth-order valence-electron chi connectivity index (χ4n) is 1.52. The van der Waals surface area contributed by atoms with Crippen LogP contribution in [0, 0.1) is 11.6 Å². The Morgan fingerprint density at radius 2 is 2.00 bits per heavy atom. The molecule has 0 aliphatic heterocycles. The Morgan fingerprint density at radius 3 is 2.60 bits per heavy atom. The van der Waals surface area contributed by atoms with Crippen LogP contribution in [0.5, 0.6) is 0 Å². The first-order chi connectivity index (χ1) is 9.45. The molecule has 1 aromatic heterocycles. The molecule has 0 saturated carbocycles. The van der Waals surface area contributed by atoms with Crippen molar-refractivity contribution in [2.45, 2.75) is 11.4 Å². The normalized spacial score (nSPS) is 11.3. The number of sulfonamides is 1. The predicted molar refractivity (Wildman–Crippen MR) is 67.1 cm³/mol. The highest BCUT2D eigenvalue weighted by atomic mass is 32.2. The fourth-order valence-corrected chi connectivity index (χ4v) is 2.62. The minimum atomic E-state index is -4.24. The monoisotopic (exact) mass is 300 g/mol. The third-order valence-electron chi connectivity index (χ3n) is 2.46. The lowest BCUT2D eigenvalue weighted by Gasteiger charge is -2.10. The van der Waals surface area contributed by atoms with Gasteiger partial charge in [-0.25, -0.2) is 17.2 Å². The summed E-state index contributed by atoms with van der Waals surface area (Å²) in [5.74, 6) is -2.20. The number of rotatable bonds is 4. The van der Waals surface area contributed by atoms with Gasteiger partial charge in [-0.1, -0.05) is 0 Å². The molecular formula is C11H10F2N4O2S. The largest absolute Gasteiger partial charge is 0.326 e. The Labute approximate surface area is 113 Å². The summed E-state index contributed by atoms with van der Waals surface area (Å²) >= 11 is 0. The highest BCUT2D eigenvalue weighted by Crippen LogP contribution is 2.22. The molecule has 0 radical (unpaired) electrons. The van der Waals surface area contributed by atoms with Gasteiger partial charge in [-0.15, -0.1) is 5.10 Å². The molecule has 0 amide bonds. The van der Waals surface area contributed by atoms with Crippen LogP contribution in [0.4, 0.5) is 14.6 Å². The lowest BCUT2D eigenvalue weighted by Crippen LogP contribution is -2.17. The van der Waals surface area contributed by atoms with Gasteiger partial charge in [0.15, 0.2) is 11.6 Å². The number of anilines is 1. The van der Waals surface area contributed by atoms with E-state index >= 15 is 0 Å². The van der Waals surface area contributed by atoms with Gasteiger partial charge >= 0.3 is 0 Å². The first-order valence-corrected chi connectivity index (χ1v) is 6.91. The molecule has 1 aromatic carbocycles. The standard InChI is InChI=1S/C11H10F2N4O2S/c12-8-3-4-9(11(13)7(8)6-14)20(18,19)17-10-2-1-5-15-16-10/h1-5H,6,14H2,(H,16,17). The summed E-state index contributed by atoms with van der Waals surface area (Å²) in [6.45, 7) is -0.452. The summed E-state index contributed by atoms with van der Waals surface area (Å²) in [4.78, 5) is -0.704. The molecule has 1 heterocycles. The van der Waals surface area contributed by atoms with E-state index < -0.39 is 38.7 Å². The predicted octanol–water partition coefficient (Wildman–Crippen LogP) is 1.01. The highest BCUT2D eigenvalue weighted by molar-refractivity contribution is 7.92. The molecule has 0 aliphatic carbocycles. The maximum atomic E-state index is 14.0. The van der Waals surface area contributed by atoms with E-state index in [2.05, 4.69) is 10.2 Å². The van der Waals surface area contributed by atoms with Crippen molar-refractivity contribution in [2.24, 2.45) is 5.73 Å². The van der Waals surface area contributed by atoms with E-state index in [-0.39, 0.29) is 5.82 Å². The maximum Gasteiger partial charge on any atom is 0.266 e. The third-order valence-corrected chi connectivity index (χ3v) is 3.83. The summed E-state index contributed by atoms with van der Waals surface area (Å²) in [7, 11) is -4.24. The summed E-state index contributed by atoms with van der Waals surface area (Å²) < 4.78 is 53.3. The lowest BCUT2D eigenvalue weighted by molar-refractivity contribution is 0.530. The van der Waals surface area contributed by atoms with Crippen LogP contribution in [0.3, 0.4) is 0 Å². The molecule has 0 spiro atoms. The second-order valence-corrected chi connectivity index (χ2v) is 5.41. The van der Waals surface area contributed by atoms with Gasteiger partial charge in [0.05, 0.1) is 0 Å². The zero-order valence-electron chi connectivity index (χ0n) is 10.0. The van der Waals surface area contributed by atoms with E-state index in [4.69, 9.17) is 5.73 Å². The Kier molecular flexibility index (Phi) is 3.91. The molecule has 3 N–H and O–H groups in total. The number of aromatic nitrogens is 2. The minimum Gasteiger partial charge on any atom is -0.326 e. The third kappa shape index (κ3) is 2.73. The zero-order valence-corrected chi connectivity index (χ0v) is 10.9. The van der Waals surface area contributed by atoms with E-state index in [1.807, 2.05) is 4.72 Å². The Bertz CT molecular complexity index is 723. The molecule has 0 bridgehead atoms. The number of hydrogen-bond acceptors (Lipinski definition) is 5. The average molecular weight is 300 g/mol. The first kappa shape index (κ1) is 14.3. The number of halogens is 2. The van der Waals surface area contributed by atoms with Crippen LogP contribution in [0.2, 0.25) is 0 Å². The Morgan fingerprint density at radius 1 is 1.25 bits per heavy atom. The summed E-state index contributed by atoms with van der Waals surface area (Å²) in [6.07, 6.45) is 1.35. The van der Waals surface area contributed by atoms with Crippen molar-refractivity contribution in [2.75, 3.05) is 4.72 Å². The summed E-state index contributed by atoms with van der Waals surface area (Å²) in [5, 5.41) is 7.00. The van der Waals surface area contributed by atoms with Crippen LogP contribution in [0.1, 0.15) is 5.56 Å². The lowest BCUT2D eigenvalue weighted by atomic mass is 10.2. The topological polar surface area (TPSA) is 98.0 Å². The van der Waals surface area contributed by atoms with Crippen LogP contribution in [-0.2, 0) is 16.6 Å². The molecule has 0 saturated heterocycles. The minimum absolute atomic E-state index is 0.0782. The molecule has 20 heavy (non-hydrogen) atoms. The van der Waals surface area contributed by atoms with Gasteiger partial charge in [-0.2, -0.15) is 5.10 Å². The number of benzene rings is 1. The van der Waals surface area contributed by atoms with E-state index in [0.717, 1.165) is 12.1 Å². The van der Waals surface area contributed by atoms with Gasteiger partial charge in [0.25, 0.3) is 10.0 Å². The second-order valence-electron chi connectivity index (χ2n) is 3.76. The number of nitrogens with two attached hydrogens (primary N) is 1. The zero-order chi connectivity index (χ0) is 14.8. The molecule has 0 fully saturated rings. The highest BCUT2D eigenvalue weighted by Gasteiger charge is 2.23. The maximum absolute atomic E-state index is 14.0. The van der Waals surface area contributed by atoms with Crippen molar-refractivity contribution in [3.8, 4) is 0 Å². The van der Waals surface area contributed by atoms with Crippen molar-refractivity contribution >= 4 is 15.8 Å². The molecule has 9 heteroatoms.